The van der Waals surface area contributed by atoms with Crippen LogP contribution in [0.25, 0.3) is 5.83 Å². The molecule has 1 aliphatic carbocycles. The highest BCUT2D eigenvalue weighted by Crippen LogP contribution is 2.51. The Bertz CT molecular complexity index is 1390. The molecule has 3 rings (SSSR count). The lowest BCUT2D eigenvalue weighted by Crippen LogP contribution is -2.41. The number of carbonyl (C=O) groups excluding carboxylic acids is 2. The van der Waals surface area contributed by atoms with Crippen molar-refractivity contribution in [1.82, 2.24) is 4.90 Å². The monoisotopic (exact) mass is 651 g/mol. The number of alkyl halides is 9. The summed E-state index contributed by atoms with van der Waals surface area (Å²) in [5.74, 6) is -6.63. The number of allylic oxidation sites excluding steroid dienone is 1. The van der Waals surface area contributed by atoms with Crippen molar-refractivity contribution in [3.8, 4) is 0 Å². The van der Waals surface area contributed by atoms with Gasteiger partial charge in [0.1, 0.15) is 18.3 Å². The minimum atomic E-state index is -5.28. The number of carbonyl (C=O) groups is 2. The Kier molecular flexibility index (Phi) is 9.39. The van der Waals surface area contributed by atoms with Crippen LogP contribution in [0.3, 0.4) is 0 Å². The van der Waals surface area contributed by atoms with Crippen molar-refractivity contribution in [1.29, 1.82) is 0 Å². The quantitative estimate of drug-likeness (QED) is 0.211. The van der Waals surface area contributed by atoms with Gasteiger partial charge in [-0.05, 0) is 49.1 Å². The summed E-state index contributed by atoms with van der Waals surface area (Å²) in [6.45, 7) is -0.277. The standard InChI is InChI=1S/C27H21Cl2F10NO2/c1-13-7-15(9-19(28)22(13)29)17(26(34,35)36)10-20(30)14-3-4-16(18(8-14)27(37,38)39)21(41)11-24(5-6-24)23(42)40(2)12-25(31,32)33/h3-4,7-10,17H,5-6,11-12H2,1-2H3/b20-10-. The number of benzene rings is 2. The van der Waals surface area contributed by atoms with E-state index in [0.717, 1.165) is 19.2 Å². The Balaban J connectivity index is 1.97. The van der Waals surface area contributed by atoms with Gasteiger partial charge in [-0.25, -0.2) is 4.39 Å². The molecule has 1 atom stereocenters. The molecule has 2 aromatic rings. The van der Waals surface area contributed by atoms with E-state index in [0.29, 0.717) is 17.0 Å². The molecule has 1 unspecified atom stereocenters. The van der Waals surface area contributed by atoms with E-state index in [2.05, 4.69) is 0 Å². The SMILES string of the molecule is Cc1cc(C(/C=C(\F)c2ccc(C(=O)CC3(C(=O)N(C)CC(F)(F)F)CC3)c(C(F)(F)F)c2)C(F)(F)F)cc(Cl)c1Cl. The summed E-state index contributed by atoms with van der Waals surface area (Å²) < 4.78 is 136. The van der Waals surface area contributed by atoms with Crippen molar-refractivity contribution < 1.29 is 53.5 Å². The van der Waals surface area contributed by atoms with Crippen molar-refractivity contribution in [3.63, 3.8) is 0 Å². The third kappa shape index (κ3) is 7.77. The Morgan fingerprint density at radius 1 is 1.00 bits per heavy atom. The maximum absolute atomic E-state index is 15.1. The summed E-state index contributed by atoms with van der Waals surface area (Å²) in [5.41, 5.74) is -5.63. The van der Waals surface area contributed by atoms with Crippen LogP contribution in [0.4, 0.5) is 43.9 Å². The van der Waals surface area contributed by atoms with Gasteiger partial charge < -0.3 is 4.90 Å². The lowest BCUT2D eigenvalue weighted by molar-refractivity contribution is -0.161. The van der Waals surface area contributed by atoms with Crippen LogP contribution < -0.4 is 0 Å². The first-order valence-corrected chi connectivity index (χ1v) is 12.8. The zero-order valence-electron chi connectivity index (χ0n) is 21.7. The number of aryl methyl sites for hydroxylation is 1. The second-order valence-electron chi connectivity index (χ2n) is 10.1. The van der Waals surface area contributed by atoms with Crippen molar-refractivity contribution in [3.05, 3.63) is 74.3 Å². The number of halogens is 12. The highest BCUT2D eigenvalue weighted by Gasteiger charge is 2.54. The van der Waals surface area contributed by atoms with Gasteiger partial charge in [0.15, 0.2) is 5.78 Å². The highest BCUT2D eigenvalue weighted by molar-refractivity contribution is 6.42. The first kappa shape index (κ1) is 33.7. The number of Topliss-reactive ketones (excluding diaryl/α,β-unsaturated/α-hetero) is 1. The molecule has 3 nitrogen and oxygen atoms in total. The average Bonchev–Trinajstić information content (AvgIpc) is 3.62. The Labute approximate surface area is 243 Å². The first-order valence-electron chi connectivity index (χ1n) is 12.0. The predicted octanol–water partition coefficient (Wildman–Crippen LogP) is 9.35. The van der Waals surface area contributed by atoms with Crippen LogP contribution in [0.2, 0.25) is 10.0 Å². The van der Waals surface area contributed by atoms with Gasteiger partial charge in [0, 0.05) is 24.6 Å². The number of hydrogen-bond acceptors (Lipinski definition) is 2. The van der Waals surface area contributed by atoms with Crippen LogP contribution >= 0.6 is 23.2 Å². The van der Waals surface area contributed by atoms with E-state index >= 15 is 4.39 Å². The fraction of sp³-hybridized carbons (Fsp3) is 0.407. The topological polar surface area (TPSA) is 37.4 Å². The van der Waals surface area contributed by atoms with Gasteiger partial charge >= 0.3 is 18.5 Å². The number of rotatable bonds is 8. The van der Waals surface area contributed by atoms with Crippen molar-refractivity contribution in [2.24, 2.45) is 5.41 Å². The van der Waals surface area contributed by atoms with E-state index in [-0.39, 0.29) is 40.6 Å². The largest absolute Gasteiger partial charge is 0.417 e. The summed E-state index contributed by atoms with van der Waals surface area (Å²) in [4.78, 5) is 25.8. The fourth-order valence-electron chi connectivity index (χ4n) is 4.49. The van der Waals surface area contributed by atoms with Crippen LogP contribution in [-0.2, 0) is 11.0 Å². The molecule has 0 heterocycles. The summed E-state index contributed by atoms with van der Waals surface area (Å²) in [5, 5.41) is -0.295. The molecule has 1 aliphatic rings. The normalized spacial score (nSPS) is 16.3. The fourth-order valence-corrected chi connectivity index (χ4v) is 4.87. The van der Waals surface area contributed by atoms with Crippen LogP contribution in [-0.4, -0.2) is 42.5 Å². The molecule has 230 valence electrons. The van der Waals surface area contributed by atoms with Gasteiger partial charge in [-0.15, -0.1) is 0 Å². The summed E-state index contributed by atoms with van der Waals surface area (Å²) >= 11 is 11.7. The zero-order chi connectivity index (χ0) is 32.0. The molecule has 42 heavy (non-hydrogen) atoms. The van der Waals surface area contributed by atoms with Gasteiger partial charge in [0.2, 0.25) is 5.91 Å². The average molecular weight is 652 g/mol. The molecule has 0 spiro atoms. The minimum absolute atomic E-state index is 0.0381. The molecule has 15 heteroatoms. The maximum atomic E-state index is 15.1. The van der Waals surface area contributed by atoms with Crippen LogP contribution in [0.15, 0.2) is 36.4 Å². The zero-order valence-corrected chi connectivity index (χ0v) is 23.2. The lowest BCUT2D eigenvalue weighted by Gasteiger charge is -2.24. The molecule has 0 radical (unpaired) electrons. The predicted molar refractivity (Wildman–Crippen MR) is 135 cm³/mol. The maximum Gasteiger partial charge on any atom is 0.417 e. The first-order chi connectivity index (χ1) is 19.1. The van der Waals surface area contributed by atoms with E-state index in [1.807, 2.05) is 0 Å². The van der Waals surface area contributed by atoms with Gasteiger partial charge in [-0.1, -0.05) is 41.4 Å². The smallest absolute Gasteiger partial charge is 0.336 e. The molecule has 1 fully saturated rings. The van der Waals surface area contributed by atoms with Gasteiger partial charge in [0.05, 0.1) is 21.0 Å². The molecule has 1 amide bonds. The second kappa shape index (κ2) is 11.7. The van der Waals surface area contributed by atoms with E-state index < -0.39 is 82.6 Å². The summed E-state index contributed by atoms with van der Waals surface area (Å²) in [6, 6.07) is 3.23. The van der Waals surface area contributed by atoms with Crippen LogP contribution in [0.5, 0.6) is 0 Å². The van der Waals surface area contributed by atoms with Crippen LogP contribution in [0, 0.1) is 12.3 Å². The minimum Gasteiger partial charge on any atom is -0.336 e. The Hall–Kier alpha value is -2.80. The Morgan fingerprint density at radius 3 is 2.07 bits per heavy atom. The number of nitrogens with zero attached hydrogens (tertiary/aromatic N) is 1. The molecule has 2 aromatic carbocycles. The highest BCUT2D eigenvalue weighted by atomic mass is 35.5. The molecular formula is C27H21Cl2F10NO2. The van der Waals surface area contributed by atoms with Crippen LogP contribution in [0.1, 0.15) is 57.8 Å². The van der Waals surface area contributed by atoms with E-state index in [1.54, 1.807) is 0 Å². The lowest BCUT2D eigenvalue weighted by atomic mass is 9.90. The number of hydrogen-bond donors (Lipinski definition) is 0. The van der Waals surface area contributed by atoms with Gasteiger partial charge in [-0.3, -0.25) is 9.59 Å². The van der Waals surface area contributed by atoms with Crippen molar-refractivity contribution in [2.45, 2.75) is 50.6 Å². The van der Waals surface area contributed by atoms with E-state index in [1.165, 1.54) is 6.92 Å². The number of amides is 1. The van der Waals surface area contributed by atoms with Gasteiger partial charge in [-0.2, -0.15) is 39.5 Å². The van der Waals surface area contributed by atoms with Crippen molar-refractivity contribution in [2.75, 3.05) is 13.6 Å². The van der Waals surface area contributed by atoms with E-state index in [4.69, 9.17) is 23.2 Å². The molecule has 0 aromatic heterocycles. The molecule has 1 saturated carbocycles. The molecule has 0 bridgehead atoms. The van der Waals surface area contributed by atoms with Gasteiger partial charge in [0.25, 0.3) is 0 Å². The van der Waals surface area contributed by atoms with Crippen molar-refractivity contribution >= 4 is 40.7 Å². The molecule has 0 N–H and O–H groups in total. The third-order valence-corrected chi connectivity index (χ3v) is 7.62. The third-order valence-electron chi connectivity index (χ3n) is 6.73. The molecule has 0 saturated heterocycles. The Morgan fingerprint density at radius 2 is 1.60 bits per heavy atom. The summed E-state index contributed by atoms with van der Waals surface area (Å²) in [6.07, 6.45) is -16.0. The summed E-state index contributed by atoms with van der Waals surface area (Å²) in [7, 11) is 0.846. The molecular weight excluding hydrogens is 631 g/mol. The number of ketones is 1. The molecule has 0 aliphatic heterocycles. The van der Waals surface area contributed by atoms with E-state index in [9.17, 15) is 49.1 Å². The second-order valence-corrected chi connectivity index (χ2v) is 10.9.